The molecule has 13 heteroatoms. The molecule has 1 unspecified atom stereocenters. The van der Waals surface area contributed by atoms with Crippen molar-refractivity contribution in [3.63, 3.8) is 0 Å². The van der Waals surface area contributed by atoms with Crippen molar-refractivity contribution in [3.8, 4) is 0 Å². The van der Waals surface area contributed by atoms with Crippen LogP contribution in [0, 0.1) is 10.1 Å². The fourth-order valence-electron chi connectivity index (χ4n) is 4.49. The van der Waals surface area contributed by atoms with Crippen LogP contribution in [0.15, 0.2) is 59.0 Å². The Balaban J connectivity index is 1.77. The molecular formula is C25H28N4O8S. The molecule has 2 saturated heterocycles. The number of carbonyl (C=O) groups excluding carboxylic acids is 2. The molecule has 38 heavy (non-hydrogen) atoms. The van der Waals surface area contributed by atoms with E-state index in [1.165, 1.54) is 61.5 Å². The molecule has 0 bridgehead atoms. The number of Topliss-reactive ketones (excluding diaryl/α,β-unsaturated/α-hetero) is 1. The molecule has 2 aliphatic rings. The summed E-state index contributed by atoms with van der Waals surface area (Å²) < 4.78 is 31.2. The van der Waals surface area contributed by atoms with Gasteiger partial charge in [-0.1, -0.05) is 12.1 Å². The molecule has 2 aromatic carbocycles. The number of hydrogen-bond donors (Lipinski definition) is 1. The van der Waals surface area contributed by atoms with E-state index in [1.807, 2.05) is 0 Å². The topological polar surface area (TPSA) is 151 Å². The van der Waals surface area contributed by atoms with E-state index in [9.17, 15) is 33.2 Å². The number of morpholine rings is 1. The SMILES string of the molecule is CN(C)S(=O)(=O)c1ccc(/C(O)=C2/C(=O)C(=O)N(CCN3CCOCC3)C2c2cccc([N+](=O)[O-])c2)cc1. The van der Waals surface area contributed by atoms with E-state index in [-0.39, 0.29) is 28.3 Å². The zero-order chi connectivity index (χ0) is 27.6. The fraction of sp³-hybridized carbons (Fsp3) is 0.360. The van der Waals surface area contributed by atoms with Gasteiger partial charge in [-0.2, -0.15) is 0 Å². The monoisotopic (exact) mass is 544 g/mol. The Labute approximate surface area is 219 Å². The van der Waals surface area contributed by atoms with Gasteiger partial charge in [0.2, 0.25) is 10.0 Å². The van der Waals surface area contributed by atoms with E-state index in [4.69, 9.17) is 4.74 Å². The highest BCUT2D eigenvalue weighted by atomic mass is 32.2. The van der Waals surface area contributed by atoms with Crippen molar-refractivity contribution in [1.82, 2.24) is 14.1 Å². The van der Waals surface area contributed by atoms with Crippen LogP contribution in [0.2, 0.25) is 0 Å². The first kappa shape index (κ1) is 27.4. The van der Waals surface area contributed by atoms with E-state index in [0.29, 0.717) is 38.4 Å². The number of hydrogen-bond acceptors (Lipinski definition) is 9. The lowest BCUT2D eigenvalue weighted by molar-refractivity contribution is -0.384. The van der Waals surface area contributed by atoms with E-state index in [1.54, 1.807) is 6.07 Å². The second-order valence-electron chi connectivity index (χ2n) is 9.11. The number of sulfonamides is 1. The predicted molar refractivity (Wildman–Crippen MR) is 137 cm³/mol. The normalized spacial score (nSPS) is 20.3. The summed E-state index contributed by atoms with van der Waals surface area (Å²) in [7, 11) is -0.943. The standard InChI is InChI=1S/C25H28N4O8S/c1-26(2)38(35,36)20-8-6-17(7-9-20)23(30)21-22(18-4-3-5-19(16-18)29(33)34)28(25(32)24(21)31)11-10-27-12-14-37-15-13-27/h3-9,16,22,30H,10-15H2,1-2H3/b23-21-. The van der Waals surface area contributed by atoms with Gasteiger partial charge in [-0.05, 0) is 29.8 Å². The summed E-state index contributed by atoms with van der Waals surface area (Å²) in [5.74, 6) is -2.25. The molecule has 2 heterocycles. The van der Waals surface area contributed by atoms with Crippen molar-refractivity contribution in [3.05, 3.63) is 75.3 Å². The molecule has 12 nitrogen and oxygen atoms in total. The lowest BCUT2D eigenvalue weighted by Gasteiger charge is -2.31. The van der Waals surface area contributed by atoms with E-state index in [0.717, 1.165) is 4.31 Å². The molecule has 0 aliphatic carbocycles. The van der Waals surface area contributed by atoms with Crippen LogP contribution in [0.1, 0.15) is 17.2 Å². The van der Waals surface area contributed by atoms with Crippen LogP contribution in [0.3, 0.4) is 0 Å². The molecule has 1 N–H and O–H groups in total. The number of nitro groups is 1. The Morgan fingerprint density at radius 1 is 1.11 bits per heavy atom. The van der Waals surface area contributed by atoms with Crippen molar-refractivity contribution in [2.24, 2.45) is 0 Å². The minimum Gasteiger partial charge on any atom is -0.507 e. The predicted octanol–water partition coefficient (Wildman–Crippen LogP) is 1.60. The van der Waals surface area contributed by atoms with Crippen molar-refractivity contribution in [2.45, 2.75) is 10.9 Å². The van der Waals surface area contributed by atoms with Gasteiger partial charge in [0.1, 0.15) is 5.76 Å². The van der Waals surface area contributed by atoms with Crippen LogP contribution in [0.5, 0.6) is 0 Å². The summed E-state index contributed by atoms with van der Waals surface area (Å²) in [6.07, 6.45) is 0. The van der Waals surface area contributed by atoms with Gasteiger partial charge in [-0.25, -0.2) is 12.7 Å². The third kappa shape index (κ3) is 5.31. The number of amides is 1. The van der Waals surface area contributed by atoms with Gasteiger partial charge in [0.25, 0.3) is 17.4 Å². The number of ketones is 1. The number of likely N-dealkylation sites (tertiary alicyclic amines) is 1. The maximum Gasteiger partial charge on any atom is 0.295 e. The summed E-state index contributed by atoms with van der Waals surface area (Å²) in [6.45, 7) is 3.01. The van der Waals surface area contributed by atoms with Gasteiger partial charge < -0.3 is 14.7 Å². The first-order valence-electron chi connectivity index (χ1n) is 11.9. The highest BCUT2D eigenvalue weighted by Crippen LogP contribution is 2.40. The lowest BCUT2D eigenvalue weighted by Crippen LogP contribution is -2.42. The van der Waals surface area contributed by atoms with Crippen LogP contribution in [0.25, 0.3) is 5.76 Å². The van der Waals surface area contributed by atoms with Gasteiger partial charge >= 0.3 is 0 Å². The van der Waals surface area contributed by atoms with Gasteiger partial charge in [-0.3, -0.25) is 24.6 Å². The molecule has 0 radical (unpaired) electrons. The van der Waals surface area contributed by atoms with Crippen molar-refractivity contribution < 1.29 is 32.8 Å². The summed E-state index contributed by atoms with van der Waals surface area (Å²) in [5, 5.41) is 22.6. The summed E-state index contributed by atoms with van der Waals surface area (Å²) in [6, 6.07) is 9.80. The van der Waals surface area contributed by atoms with E-state index < -0.39 is 38.4 Å². The van der Waals surface area contributed by atoms with Crippen molar-refractivity contribution >= 4 is 33.2 Å². The molecule has 202 valence electrons. The van der Waals surface area contributed by atoms with E-state index in [2.05, 4.69) is 4.90 Å². The largest absolute Gasteiger partial charge is 0.507 e. The second-order valence-corrected chi connectivity index (χ2v) is 11.3. The maximum absolute atomic E-state index is 13.2. The number of aliphatic hydroxyl groups excluding tert-OH is 1. The summed E-state index contributed by atoms with van der Waals surface area (Å²) in [5.41, 5.74) is -0.0155. The molecule has 0 spiro atoms. The number of carbonyl (C=O) groups is 2. The number of rotatable bonds is 8. The van der Waals surface area contributed by atoms with Crippen LogP contribution in [-0.4, -0.2) is 97.7 Å². The second kappa shape index (κ2) is 11.0. The highest BCUT2D eigenvalue weighted by molar-refractivity contribution is 7.89. The van der Waals surface area contributed by atoms with Gasteiger partial charge in [0.15, 0.2) is 0 Å². The Hall–Kier alpha value is -3.65. The average molecular weight is 545 g/mol. The average Bonchev–Trinajstić information content (AvgIpc) is 3.17. The third-order valence-corrected chi connectivity index (χ3v) is 8.43. The van der Waals surface area contributed by atoms with Crippen LogP contribution >= 0.6 is 0 Å². The Morgan fingerprint density at radius 2 is 1.76 bits per heavy atom. The van der Waals surface area contributed by atoms with Crippen LogP contribution in [-0.2, 0) is 24.3 Å². The Bertz CT molecular complexity index is 1380. The Morgan fingerprint density at radius 3 is 2.37 bits per heavy atom. The number of aliphatic hydroxyl groups is 1. The molecular weight excluding hydrogens is 516 g/mol. The zero-order valence-corrected chi connectivity index (χ0v) is 21.8. The molecule has 2 fully saturated rings. The van der Waals surface area contributed by atoms with Gasteiger partial charge in [0.05, 0.1) is 34.6 Å². The van der Waals surface area contributed by atoms with Crippen molar-refractivity contribution in [2.75, 3.05) is 53.5 Å². The smallest absolute Gasteiger partial charge is 0.295 e. The quantitative estimate of drug-likeness (QED) is 0.172. The zero-order valence-electron chi connectivity index (χ0n) is 20.9. The van der Waals surface area contributed by atoms with E-state index >= 15 is 0 Å². The molecule has 2 aromatic rings. The number of benzene rings is 2. The Kier molecular flexibility index (Phi) is 7.92. The number of non-ortho nitro benzene ring substituents is 1. The number of ether oxygens (including phenoxy) is 1. The lowest BCUT2D eigenvalue weighted by atomic mass is 9.95. The first-order chi connectivity index (χ1) is 18.0. The molecule has 0 saturated carbocycles. The molecule has 1 atom stereocenters. The molecule has 4 rings (SSSR count). The fourth-order valence-corrected chi connectivity index (χ4v) is 5.39. The first-order valence-corrected chi connectivity index (χ1v) is 13.3. The van der Waals surface area contributed by atoms with Crippen LogP contribution < -0.4 is 0 Å². The third-order valence-electron chi connectivity index (χ3n) is 6.60. The maximum atomic E-state index is 13.2. The minimum atomic E-state index is -3.72. The van der Waals surface area contributed by atoms with Crippen molar-refractivity contribution in [1.29, 1.82) is 0 Å². The highest BCUT2D eigenvalue weighted by Gasteiger charge is 2.46. The summed E-state index contributed by atoms with van der Waals surface area (Å²) in [4.78, 5) is 40.6. The molecule has 0 aromatic heterocycles. The molecule has 1 amide bonds. The minimum absolute atomic E-state index is 0.0137. The summed E-state index contributed by atoms with van der Waals surface area (Å²) >= 11 is 0. The van der Waals surface area contributed by atoms with Gasteiger partial charge in [-0.15, -0.1) is 0 Å². The number of nitro benzene ring substituents is 1. The van der Waals surface area contributed by atoms with Gasteiger partial charge in [0, 0.05) is 58.0 Å². The van der Waals surface area contributed by atoms with Crippen LogP contribution in [0.4, 0.5) is 5.69 Å². The molecule has 2 aliphatic heterocycles. The number of nitrogens with zero attached hydrogens (tertiary/aromatic N) is 4.